The Morgan fingerprint density at radius 3 is 2.14 bits per heavy atom. The van der Waals surface area contributed by atoms with Crippen molar-refractivity contribution >= 4 is 21.8 Å². The number of aromatic nitrogens is 2. The highest BCUT2D eigenvalue weighted by atomic mass is 15.0. The first-order valence-corrected chi connectivity index (χ1v) is 11.6. The molecule has 0 unspecified atom stereocenters. The van der Waals surface area contributed by atoms with Gasteiger partial charge in [-0.1, -0.05) is 36.4 Å². The highest BCUT2D eigenvalue weighted by molar-refractivity contribution is 6.10. The van der Waals surface area contributed by atoms with Gasteiger partial charge in [-0.15, -0.1) is 0 Å². The Morgan fingerprint density at radius 1 is 0.568 bits per heavy atom. The lowest BCUT2D eigenvalue weighted by molar-refractivity contribution is 1.18. The Kier molecular flexibility index (Phi) is 5.20. The number of nitriles is 3. The normalized spacial score (nSPS) is 10.6. The van der Waals surface area contributed by atoms with Crippen LogP contribution >= 0.6 is 0 Å². The molecule has 0 saturated carbocycles. The second-order valence-corrected chi connectivity index (χ2v) is 8.65. The topological polar surface area (TPSA) is 89.2 Å². The highest BCUT2D eigenvalue weighted by Gasteiger charge is 2.16. The van der Waals surface area contributed by atoms with Crippen molar-refractivity contribution in [3.8, 4) is 46.1 Å². The molecule has 0 atom stereocenters. The summed E-state index contributed by atoms with van der Waals surface area (Å²) in [6, 6.07) is 35.9. The van der Waals surface area contributed by atoms with E-state index in [1.54, 1.807) is 24.5 Å². The van der Waals surface area contributed by atoms with Crippen LogP contribution in [0.4, 0.5) is 0 Å². The number of nitrogens with zero attached hydrogens (tertiary/aromatic N) is 5. The maximum atomic E-state index is 9.78. The predicted molar refractivity (Wildman–Crippen MR) is 144 cm³/mol. The van der Waals surface area contributed by atoms with E-state index in [-0.39, 0.29) is 0 Å². The van der Waals surface area contributed by atoms with E-state index in [0.29, 0.717) is 16.7 Å². The Hall–Kier alpha value is -5.70. The van der Waals surface area contributed by atoms with E-state index in [0.717, 1.165) is 49.7 Å². The van der Waals surface area contributed by atoms with Gasteiger partial charge in [0.25, 0.3) is 0 Å². The smallest absolute Gasteiger partial charge is 0.0998 e. The van der Waals surface area contributed by atoms with Gasteiger partial charge in [-0.25, -0.2) is 0 Å². The molecule has 0 saturated heterocycles. The quantitative estimate of drug-likeness (QED) is 0.275. The standard InChI is InChI=1S/C32H17N5/c33-18-21-5-9-27(25(15-21)20-35)23-7-10-29-28-3-1-2-4-31(28)37(32(29)16-23)26-8-6-24(19-34)30(17-26)22-11-13-36-14-12-22/h1-17H. The summed E-state index contributed by atoms with van der Waals surface area (Å²) in [5.41, 5.74) is 7.88. The molecule has 0 aliphatic carbocycles. The molecule has 0 spiro atoms. The minimum Gasteiger partial charge on any atom is -0.309 e. The van der Waals surface area contributed by atoms with E-state index in [1.807, 2.05) is 54.6 Å². The monoisotopic (exact) mass is 471 g/mol. The number of rotatable bonds is 3. The van der Waals surface area contributed by atoms with Crippen molar-refractivity contribution < 1.29 is 0 Å². The summed E-state index contributed by atoms with van der Waals surface area (Å²) in [5, 5.41) is 31.0. The largest absolute Gasteiger partial charge is 0.309 e. The van der Waals surface area contributed by atoms with E-state index in [1.165, 1.54) is 0 Å². The van der Waals surface area contributed by atoms with Crippen LogP contribution in [0.1, 0.15) is 16.7 Å². The summed E-state index contributed by atoms with van der Waals surface area (Å²) in [4.78, 5) is 4.12. The van der Waals surface area contributed by atoms with Gasteiger partial charge >= 0.3 is 0 Å². The van der Waals surface area contributed by atoms with E-state index in [4.69, 9.17) is 0 Å². The average molecular weight is 472 g/mol. The minimum atomic E-state index is 0.455. The molecule has 4 aromatic carbocycles. The molecule has 0 aliphatic heterocycles. The van der Waals surface area contributed by atoms with Gasteiger partial charge < -0.3 is 4.57 Å². The molecular formula is C32H17N5. The first-order chi connectivity index (χ1) is 18.2. The van der Waals surface area contributed by atoms with Gasteiger partial charge in [0.15, 0.2) is 0 Å². The van der Waals surface area contributed by atoms with Gasteiger partial charge in [0.2, 0.25) is 0 Å². The minimum absolute atomic E-state index is 0.455. The molecule has 5 heteroatoms. The zero-order valence-electron chi connectivity index (χ0n) is 19.6. The molecule has 6 rings (SSSR count). The predicted octanol–water partition coefficient (Wildman–Crippen LogP) is 7.13. The van der Waals surface area contributed by atoms with Crippen LogP contribution < -0.4 is 0 Å². The maximum Gasteiger partial charge on any atom is 0.0998 e. The van der Waals surface area contributed by atoms with E-state index in [9.17, 15) is 15.8 Å². The van der Waals surface area contributed by atoms with Gasteiger partial charge in [-0.05, 0) is 71.3 Å². The van der Waals surface area contributed by atoms with Crippen LogP contribution in [-0.2, 0) is 0 Å². The second kappa shape index (κ2) is 8.82. The van der Waals surface area contributed by atoms with Gasteiger partial charge in [0.05, 0.1) is 45.9 Å². The van der Waals surface area contributed by atoms with E-state index >= 15 is 0 Å². The zero-order valence-corrected chi connectivity index (χ0v) is 19.6. The van der Waals surface area contributed by atoms with Gasteiger partial charge in [-0.3, -0.25) is 4.98 Å². The molecule has 0 amide bonds. The van der Waals surface area contributed by atoms with Crippen molar-refractivity contribution in [1.82, 2.24) is 9.55 Å². The number of fused-ring (bicyclic) bond motifs is 3. The average Bonchev–Trinajstić information content (AvgIpc) is 3.30. The molecule has 37 heavy (non-hydrogen) atoms. The lowest BCUT2D eigenvalue weighted by atomic mass is 9.97. The lowest BCUT2D eigenvalue weighted by Crippen LogP contribution is -1.96. The molecule has 170 valence electrons. The lowest BCUT2D eigenvalue weighted by Gasteiger charge is -2.12. The molecule has 2 heterocycles. The Bertz CT molecular complexity index is 1960. The molecule has 6 aromatic rings. The van der Waals surface area contributed by atoms with Crippen LogP contribution in [0.15, 0.2) is 103 Å². The summed E-state index contributed by atoms with van der Waals surface area (Å²) in [6.07, 6.45) is 3.44. The van der Waals surface area contributed by atoms with Crippen molar-refractivity contribution in [3.63, 3.8) is 0 Å². The van der Waals surface area contributed by atoms with Gasteiger partial charge in [0, 0.05) is 34.4 Å². The molecular weight excluding hydrogens is 454 g/mol. The third-order valence-electron chi connectivity index (χ3n) is 6.63. The van der Waals surface area contributed by atoms with Crippen molar-refractivity contribution in [3.05, 3.63) is 120 Å². The van der Waals surface area contributed by atoms with Crippen molar-refractivity contribution in [2.75, 3.05) is 0 Å². The number of pyridine rings is 1. The summed E-state index contributed by atoms with van der Waals surface area (Å²) >= 11 is 0. The molecule has 0 radical (unpaired) electrons. The van der Waals surface area contributed by atoms with Crippen LogP contribution in [0.2, 0.25) is 0 Å². The molecule has 0 fully saturated rings. The highest BCUT2D eigenvalue weighted by Crippen LogP contribution is 2.37. The van der Waals surface area contributed by atoms with Crippen LogP contribution in [0, 0.1) is 34.0 Å². The fourth-order valence-corrected chi connectivity index (χ4v) is 4.91. The number of hydrogen-bond acceptors (Lipinski definition) is 4. The molecule has 2 aromatic heterocycles. The van der Waals surface area contributed by atoms with E-state index in [2.05, 4.69) is 52.0 Å². The Morgan fingerprint density at radius 2 is 1.35 bits per heavy atom. The van der Waals surface area contributed by atoms with Crippen molar-refractivity contribution in [1.29, 1.82) is 15.8 Å². The van der Waals surface area contributed by atoms with Crippen LogP contribution in [-0.4, -0.2) is 9.55 Å². The van der Waals surface area contributed by atoms with Crippen molar-refractivity contribution in [2.24, 2.45) is 0 Å². The fraction of sp³-hybridized carbons (Fsp3) is 0. The van der Waals surface area contributed by atoms with Crippen LogP contribution in [0.5, 0.6) is 0 Å². The second-order valence-electron chi connectivity index (χ2n) is 8.65. The first-order valence-electron chi connectivity index (χ1n) is 11.6. The van der Waals surface area contributed by atoms with Gasteiger partial charge in [0.1, 0.15) is 0 Å². The summed E-state index contributed by atoms with van der Waals surface area (Å²) in [6.45, 7) is 0. The fourth-order valence-electron chi connectivity index (χ4n) is 4.91. The third-order valence-corrected chi connectivity index (χ3v) is 6.63. The Labute approximate surface area is 213 Å². The number of benzene rings is 4. The maximum absolute atomic E-state index is 9.78. The summed E-state index contributed by atoms with van der Waals surface area (Å²) in [7, 11) is 0. The third kappa shape index (κ3) is 3.58. The van der Waals surface area contributed by atoms with Gasteiger partial charge in [-0.2, -0.15) is 15.8 Å². The zero-order chi connectivity index (χ0) is 25.4. The SMILES string of the molecule is N#Cc1ccc(-c2ccc3c4ccccc4n(-c4ccc(C#N)c(-c5ccncc5)c4)c3c2)c(C#N)c1. The molecule has 0 bridgehead atoms. The van der Waals surface area contributed by atoms with Crippen LogP contribution in [0.25, 0.3) is 49.7 Å². The summed E-state index contributed by atoms with van der Waals surface area (Å²) in [5.74, 6) is 0. The number of hydrogen-bond donors (Lipinski definition) is 0. The molecule has 5 nitrogen and oxygen atoms in total. The molecule has 0 aliphatic rings. The van der Waals surface area contributed by atoms with E-state index < -0.39 is 0 Å². The Balaban J connectivity index is 1.64. The van der Waals surface area contributed by atoms with Crippen LogP contribution in [0.3, 0.4) is 0 Å². The summed E-state index contributed by atoms with van der Waals surface area (Å²) < 4.78 is 2.19. The molecule has 0 N–H and O–H groups in total. The number of para-hydroxylation sites is 1. The first kappa shape index (κ1) is 21.8. The van der Waals surface area contributed by atoms with Crippen molar-refractivity contribution in [2.45, 2.75) is 0 Å².